The number of hydrogen-bond donors (Lipinski definition) is 1. The molecule has 2 unspecified atom stereocenters. The van der Waals surface area contributed by atoms with Crippen LogP contribution >= 0.6 is 0 Å². The second-order valence-electron chi connectivity index (χ2n) is 7.34. The topological polar surface area (TPSA) is 27.7 Å². The van der Waals surface area contributed by atoms with Crippen LogP contribution in [-0.2, 0) is 4.74 Å². The molecule has 2 saturated heterocycles. The van der Waals surface area contributed by atoms with Crippen molar-refractivity contribution in [2.24, 2.45) is 5.92 Å². The van der Waals surface area contributed by atoms with Crippen LogP contribution in [0.4, 0.5) is 10.1 Å². The number of likely N-dealkylation sites (N-methyl/N-ethyl adjacent to an activating group) is 1. The van der Waals surface area contributed by atoms with E-state index in [1.165, 1.54) is 12.1 Å². The molecule has 3 rings (SSSR count). The van der Waals surface area contributed by atoms with Crippen molar-refractivity contribution >= 4 is 5.69 Å². The van der Waals surface area contributed by atoms with Crippen LogP contribution in [0, 0.1) is 11.7 Å². The van der Waals surface area contributed by atoms with Gasteiger partial charge >= 0.3 is 0 Å². The van der Waals surface area contributed by atoms with Crippen LogP contribution in [-0.4, -0.2) is 57.4 Å². The van der Waals surface area contributed by atoms with E-state index in [0.29, 0.717) is 5.92 Å². The summed E-state index contributed by atoms with van der Waals surface area (Å²) in [5.74, 6) is 0.418. The number of nitrogens with zero attached hydrogens (tertiary/aromatic N) is 2. The summed E-state index contributed by atoms with van der Waals surface area (Å²) in [6, 6.07) is 5.38. The Balaban J connectivity index is 1.65. The molecule has 4 nitrogen and oxygen atoms in total. The summed E-state index contributed by atoms with van der Waals surface area (Å²) < 4.78 is 19.5. The van der Waals surface area contributed by atoms with Gasteiger partial charge in [0.15, 0.2) is 0 Å². The zero-order valence-corrected chi connectivity index (χ0v) is 15.6. The van der Waals surface area contributed by atoms with Gasteiger partial charge in [0.25, 0.3) is 0 Å². The largest absolute Gasteiger partial charge is 0.381 e. The number of halogens is 1. The van der Waals surface area contributed by atoms with Gasteiger partial charge in [-0.1, -0.05) is 6.92 Å². The minimum atomic E-state index is -0.152. The molecule has 1 N–H and O–H groups in total. The van der Waals surface area contributed by atoms with Crippen molar-refractivity contribution in [1.29, 1.82) is 0 Å². The fourth-order valence-corrected chi connectivity index (χ4v) is 3.89. The molecule has 1 aromatic rings. The maximum Gasteiger partial charge on any atom is 0.123 e. The third kappa shape index (κ3) is 4.93. The summed E-state index contributed by atoms with van der Waals surface area (Å²) in [6.07, 6.45) is 2.36. The second kappa shape index (κ2) is 8.97. The van der Waals surface area contributed by atoms with Crippen LogP contribution < -0.4 is 10.2 Å². The first-order valence-corrected chi connectivity index (χ1v) is 9.75. The van der Waals surface area contributed by atoms with Gasteiger partial charge in [0.1, 0.15) is 5.82 Å². The fourth-order valence-electron chi connectivity index (χ4n) is 3.89. The van der Waals surface area contributed by atoms with E-state index in [1.807, 2.05) is 6.07 Å². The van der Waals surface area contributed by atoms with Crippen LogP contribution in [0.3, 0.4) is 0 Å². The van der Waals surface area contributed by atoms with E-state index < -0.39 is 0 Å². The van der Waals surface area contributed by atoms with E-state index in [9.17, 15) is 4.39 Å². The fraction of sp³-hybridized carbons (Fsp3) is 0.700. The molecule has 0 aromatic heterocycles. The standard InChI is InChI=1S/C20H32FN3O/c1-3-23-8-10-24(11-9-23)20-7-6-18(21)13-19(20)16(2)22-14-17-5-4-12-25-15-17/h6-7,13,16-17,22H,3-5,8-12,14-15H2,1-2H3. The quantitative estimate of drug-likeness (QED) is 0.854. The van der Waals surface area contributed by atoms with Gasteiger partial charge in [-0.25, -0.2) is 4.39 Å². The highest BCUT2D eigenvalue weighted by Gasteiger charge is 2.22. The van der Waals surface area contributed by atoms with Crippen molar-refractivity contribution in [2.45, 2.75) is 32.7 Å². The van der Waals surface area contributed by atoms with E-state index in [2.05, 4.69) is 29.0 Å². The Hall–Kier alpha value is -1.17. The lowest BCUT2D eigenvalue weighted by atomic mass is 10.00. The second-order valence-corrected chi connectivity index (χ2v) is 7.34. The number of rotatable bonds is 6. The number of ether oxygens (including phenoxy) is 1. The maximum atomic E-state index is 13.9. The maximum absolute atomic E-state index is 13.9. The Morgan fingerprint density at radius 1 is 1.28 bits per heavy atom. The molecule has 0 aliphatic carbocycles. The highest BCUT2D eigenvalue weighted by atomic mass is 19.1. The van der Waals surface area contributed by atoms with E-state index in [0.717, 1.165) is 64.5 Å². The number of piperazine rings is 1. The lowest BCUT2D eigenvalue weighted by molar-refractivity contribution is 0.0540. The summed E-state index contributed by atoms with van der Waals surface area (Å²) in [7, 11) is 0. The Kier molecular flexibility index (Phi) is 6.68. The number of benzene rings is 1. The first-order chi connectivity index (χ1) is 12.2. The first kappa shape index (κ1) is 18.6. The molecule has 0 radical (unpaired) electrons. The molecule has 2 aliphatic rings. The Labute approximate surface area is 151 Å². The van der Waals surface area contributed by atoms with Crippen LogP contribution in [0.5, 0.6) is 0 Å². The minimum absolute atomic E-state index is 0.136. The third-order valence-electron chi connectivity index (χ3n) is 5.58. The molecule has 5 heteroatoms. The van der Waals surface area contributed by atoms with Gasteiger partial charge in [0.05, 0.1) is 6.61 Å². The average Bonchev–Trinajstić information content (AvgIpc) is 2.67. The van der Waals surface area contributed by atoms with Crippen molar-refractivity contribution < 1.29 is 9.13 Å². The van der Waals surface area contributed by atoms with Crippen LogP contribution in [0.25, 0.3) is 0 Å². The molecule has 1 aromatic carbocycles. The molecular weight excluding hydrogens is 317 g/mol. The highest BCUT2D eigenvalue weighted by Crippen LogP contribution is 2.28. The molecule has 0 spiro atoms. The smallest absolute Gasteiger partial charge is 0.123 e. The molecule has 0 saturated carbocycles. The Morgan fingerprint density at radius 2 is 2.08 bits per heavy atom. The summed E-state index contributed by atoms with van der Waals surface area (Å²) in [6.45, 7) is 12.3. The number of nitrogens with one attached hydrogen (secondary N) is 1. The molecule has 0 bridgehead atoms. The van der Waals surface area contributed by atoms with Crippen LogP contribution in [0.2, 0.25) is 0 Å². The van der Waals surface area contributed by atoms with Gasteiger partial charge < -0.3 is 19.9 Å². The monoisotopic (exact) mass is 349 g/mol. The van der Waals surface area contributed by atoms with Gasteiger partial charge in [-0.3, -0.25) is 0 Å². The van der Waals surface area contributed by atoms with Gasteiger partial charge in [-0.15, -0.1) is 0 Å². The lowest BCUT2D eigenvalue weighted by Crippen LogP contribution is -2.46. The van der Waals surface area contributed by atoms with Crippen molar-refractivity contribution in [3.63, 3.8) is 0 Å². The zero-order chi connectivity index (χ0) is 17.6. The SMILES string of the molecule is CCN1CCN(c2ccc(F)cc2C(C)NCC2CCCOC2)CC1. The predicted octanol–water partition coefficient (Wildman–Crippen LogP) is 3.04. The molecule has 25 heavy (non-hydrogen) atoms. The minimum Gasteiger partial charge on any atom is -0.381 e. The van der Waals surface area contributed by atoms with Crippen molar-refractivity contribution in [3.8, 4) is 0 Å². The van der Waals surface area contributed by atoms with E-state index >= 15 is 0 Å². The molecule has 0 amide bonds. The van der Waals surface area contributed by atoms with Gasteiger partial charge in [-0.2, -0.15) is 0 Å². The highest BCUT2D eigenvalue weighted by molar-refractivity contribution is 5.55. The van der Waals surface area contributed by atoms with E-state index in [-0.39, 0.29) is 11.9 Å². The normalized spacial score (nSPS) is 23.6. The Bertz CT molecular complexity index is 540. The van der Waals surface area contributed by atoms with Gasteiger partial charge in [-0.05, 0) is 56.0 Å². The van der Waals surface area contributed by atoms with Crippen LogP contribution in [0.15, 0.2) is 18.2 Å². The summed E-state index contributed by atoms with van der Waals surface area (Å²) in [5.41, 5.74) is 2.25. The molecule has 140 valence electrons. The zero-order valence-electron chi connectivity index (χ0n) is 15.6. The average molecular weight is 349 g/mol. The summed E-state index contributed by atoms with van der Waals surface area (Å²) in [5, 5.41) is 3.61. The first-order valence-electron chi connectivity index (χ1n) is 9.75. The lowest BCUT2D eigenvalue weighted by Gasteiger charge is -2.37. The third-order valence-corrected chi connectivity index (χ3v) is 5.58. The molecular formula is C20H32FN3O. The van der Waals surface area contributed by atoms with E-state index in [1.54, 1.807) is 12.1 Å². The van der Waals surface area contributed by atoms with Crippen molar-refractivity contribution in [1.82, 2.24) is 10.2 Å². The Morgan fingerprint density at radius 3 is 2.76 bits per heavy atom. The van der Waals surface area contributed by atoms with Crippen LogP contribution in [0.1, 0.15) is 38.3 Å². The predicted molar refractivity (Wildman–Crippen MR) is 101 cm³/mol. The number of hydrogen-bond acceptors (Lipinski definition) is 4. The molecule has 2 aliphatic heterocycles. The van der Waals surface area contributed by atoms with E-state index in [4.69, 9.17) is 4.74 Å². The molecule has 2 atom stereocenters. The summed E-state index contributed by atoms with van der Waals surface area (Å²) >= 11 is 0. The van der Waals surface area contributed by atoms with Crippen molar-refractivity contribution in [3.05, 3.63) is 29.6 Å². The molecule has 2 fully saturated rings. The van der Waals surface area contributed by atoms with Crippen molar-refractivity contribution in [2.75, 3.05) is 57.4 Å². The van der Waals surface area contributed by atoms with Gasteiger partial charge in [0.2, 0.25) is 0 Å². The number of anilines is 1. The summed E-state index contributed by atoms with van der Waals surface area (Å²) in [4.78, 5) is 4.87. The molecule has 2 heterocycles. The van der Waals surface area contributed by atoms with Gasteiger partial charge in [0, 0.05) is 51.1 Å².